The molecule has 0 saturated heterocycles. The van der Waals surface area contributed by atoms with Crippen molar-refractivity contribution in [3.63, 3.8) is 0 Å². The number of amides is 2. The van der Waals surface area contributed by atoms with Crippen LogP contribution in [0.4, 0.5) is 19.3 Å². The zero-order valence-corrected chi connectivity index (χ0v) is 11.3. The van der Waals surface area contributed by atoms with Gasteiger partial charge in [-0.1, -0.05) is 36.4 Å². The van der Waals surface area contributed by atoms with Crippen molar-refractivity contribution in [2.45, 2.75) is 13.0 Å². The van der Waals surface area contributed by atoms with Gasteiger partial charge < -0.3 is 5.32 Å². The zero-order valence-electron chi connectivity index (χ0n) is 11.3. The standard InChI is InChI=1S/C16H14F2N2O/c17-13-7-6-12-10-19-16(21)20(15(12)14(13)18)9-8-11-4-2-1-3-5-11/h1-7H,8-10H2,(H,19,21). The van der Waals surface area contributed by atoms with Gasteiger partial charge in [-0.2, -0.15) is 0 Å². The van der Waals surface area contributed by atoms with Gasteiger partial charge >= 0.3 is 6.03 Å². The van der Waals surface area contributed by atoms with Crippen molar-refractivity contribution >= 4 is 11.7 Å². The summed E-state index contributed by atoms with van der Waals surface area (Å²) in [5, 5.41) is 2.67. The summed E-state index contributed by atoms with van der Waals surface area (Å²) in [5.74, 6) is -1.90. The number of hydrogen-bond acceptors (Lipinski definition) is 1. The Labute approximate surface area is 121 Å². The Morgan fingerprint density at radius 1 is 1.10 bits per heavy atom. The Kier molecular flexibility index (Phi) is 3.56. The largest absolute Gasteiger partial charge is 0.334 e. The Balaban J connectivity index is 1.89. The quantitative estimate of drug-likeness (QED) is 0.924. The minimum Gasteiger partial charge on any atom is -0.334 e. The fourth-order valence-corrected chi connectivity index (χ4v) is 2.48. The van der Waals surface area contributed by atoms with E-state index in [1.165, 1.54) is 11.0 Å². The molecule has 0 fully saturated rings. The van der Waals surface area contributed by atoms with Gasteiger partial charge in [-0.05, 0) is 23.6 Å². The molecule has 2 aromatic carbocycles. The van der Waals surface area contributed by atoms with Gasteiger partial charge in [0.2, 0.25) is 0 Å². The van der Waals surface area contributed by atoms with Crippen LogP contribution < -0.4 is 10.2 Å². The molecule has 3 nitrogen and oxygen atoms in total. The van der Waals surface area contributed by atoms with E-state index in [4.69, 9.17) is 0 Å². The first-order valence-corrected chi connectivity index (χ1v) is 6.73. The molecule has 1 heterocycles. The van der Waals surface area contributed by atoms with E-state index in [2.05, 4.69) is 5.32 Å². The molecule has 2 amide bonds. The number of fused-ring (bicyclic) bond motifs is 1. The van der Waals surface area contributed by atoms with E-state index >= 15 is 0 Å². The van der Waals surface area contributed by atoms with E-state index in [1.54, 1.807) is 0 Å². The number of anilines is 1. The highest BCUT2D eigenvalue weighted by molar-refractivity contribution is 5.95. The molecule has 2 aromatic rings. The van der Waals surface area contributed by atoms with E-state index in [0.29, 0.717) is 18.5 Å². The van der Waals surface area contributed by atoms with Crippen LogP contribution in [-0.4, -0.2) is 12.6 Å². The summed E-state index contributed by atoms with van der Waals surface area (Å²) in [6.45, 7) is 0.510. The second-order valence-corrected chi connectivity index (χ2v) is 4.92. The molecule has 3 rings (SSSR count). The van der Waals surface area contributed by atoms with Gasteiger partial charge in [0.25, 0.3) is 0 Å². The van der Waals surface area contributed by atoms with E-state index in [0.717, 1.165) is 11.6 Å². The van der Waals surface area contributed by atoms with Crippen LogP contribution in [0.5, 0.6) is 0 Å². The number of halogens is 2. The van der Waals surface area contributed by atoms with E-state index in [1.807, 2.05) is 30.3 Å². The Bertz CT molecular complexity index is 673. The molecule has 0 spiro atoms. The average molecular weight is 288 g/mol. The predicted molar refractivity (Wildman–Crippen MR) is 76.1 cm³/mol. The van der Waals surface area contributed by atoms with Crippen molar-refractivity contribution in [1.82, 2.24) is 5.32 Å². The number of carbonyl (C=O) groups excluding carboxylic acids is 1. The third-order valence-electron chi connectivity index (χ3n) is 3.56. The number of hydrogen-bond donors (Lipinski definition) is 1. The van der Waals surface area contributed by atoms with E-state index < -0.39 is 17.7 Å². The summed E-state index contributed by atoms with van der Waals surface area (Å²) in [7, 11) is 0. The second-order valence-electron chi connectivity index (χ2n) is 4.92. The monoisotopic (exact) mass is 288 g/mol. The van der Waals surface area contributed by atoms with Gasteiger partial charge in [-0.15, -0.1) is 0 Å². The summed E-state index contributed by atoms with van der Waals surface area (Å²) in [4.78, 5) is 13.2. The molecule has 1 aliphatic rings. The molecule has 0 atom stereocenters. The van der Waals surface area contributed by atoms with Gasteiger partial charge in [-0.25, -0.2) is 13.6 Å². The first kappa shape index (κ1) is 13.5. The van der Waals surface area contributed by atoms with Gasteiger partial charge in [0.1, 0.15) is 0 Å². The summed E-state index contributed by atoms with van der Waals surface area (Å²) >= 11 is 0. The molecule has 0 aromatic heterocycles. The lowest BCUT2D eigenvalue weighted by Gasteiger charge is -2.30. The smallest absolute Gasteiger partial charge is 0.322 e. The third kappa shape index (κ3) is 2.59. The van der Waals surface area contributed by atoms with Crippen molar-refractivity contribution in [2.75, 3.05) is 11.4 Å². The fourth-order valence-electron chi connectivity index (χ4n) is 2.48. The maximum atomic E-state index is 14.0. The molecule has 21 heavy (non-hydrogen) atoms. The van der Waals surface area contributed by atoms with Crippen LogP contribution in [0, 0.1) is 11.6 Å². The summed E-state index contributed by atoms with van der Waals surface area (Å²) in [6, 6.07) is 11.8. The lowest BCUT2D eigenvalue weighted by molar-refractivity contribution is 0.244. The third-order valence-corrected chi connectivity index (χ3v) is 3.56. The number of carbonyl (C=O) groups is 1. The topological polar surface area (TPSA) is 32.3 Å². The first-order valence-electron chi connectivity index (χ1n) is 6.73. The van der Waals surface area contributed by atoms with Crippen LogP contribution in [0.2, 0.25) is 0 Å². The van der Waals surface area contributed by atoms with E-state index in [-0.39, 0.29) is 12.2 Å². The molecule has 5 heteroatoms. The van der Waals surface area contributed by atoms with Gasteiger partial charge in [-0.3, -0.25) is 4.90 Å². The van der Waals surface area contributed by atoms with Crippen LogP contribution in [0.3, 0.4) is 0 Å². The highest BCUT2D eigenvalue weighted by Crippen LogP contribution is 2.29. The highest BCUT2D eigenvalue weighted by Gasteiger charge is 2.28. The molecule has 0 radical (unpaired) electrons. The lowest BCUT2D eigenvalue weighted by Crippen LogP contribution is -2.45. The number of nitrogens with one attached hydrogen (secondary N) is 1. The number of rotatable bonds is 3. The maximum absolute atomic E-state index is 14.0. The number of benzene rings is 2. The molecular weight excluding hydrogens is 274 g/mol. The first-order chi connectivity index (χ1) is 10.2. The highest BCUT2D eigenvalue weighted by atomic mass is 19.2. The predicted octanol–water partition coefficient (Wildman–Crippen LogP) is 3.24. The van der Waals surface area contributed by atoms with Crippen molar-refractivity contribution in [3.8, 4) is 0 Å². The summed E-state index contributed by atoms with van der Waals surface area (Å²) < 4.78 is 27.5. The lowest BCUT2D eigenvalue weighted by atomic mass is 10.1. The van der Waals surface area contributed by atoms with Crippen LogP contribution in [0.25, 0.3) is 0 Å². The second kappa shape index (κ2) is 5.52. The summed E-state index contributed by atoms with van der Waals surface area (Å²) in [5.41, 5.74) is 1.67. The molecule has 1 N–H and O–H groups in total. The molecule has 0 saturated carbocycles. The molecule has 1 aliphatic heterocycles. The van der Waals surface area contributed by atoms with Gasteiger partial charge in [0.05, 0.1) is 5.69 Å². The molecule has 0 bridgehead atoms. The van der Waals surface area contributed by atoms with Crippen LogP contribution in [-0.2, 0) is 13.0 Å². The Hall–Kier alpha value is -2.43. The Morgan fingerprint density at radius 2 is 1.86 bits per heavy atom. The van der Waals surface area contributed by atoms with Gasteiger partial charge in [0, 0.05) is 13.1 Å². The van der Waals surface area contributed by atoms with Crippen LogP contribution in [0.1, 0.15) is 11.1 Å². The van der Waals surface area contributed by atoms with Crippen LogP contribution in [0.15, 0.2) is 42.5 Å². The normalized spacial score (nSPS) is 13.8. The fraction of sp³-hybridized carbons (Fsp3) is 0.188. The van der Waals surface area contributed by atoms with Gasteiger partial charge in [0.15, 0.2) is 11.6 Å². The van der Waals surface area contributed by atoms with Crippen molar-refractivity contribution in [2.24, 2.45) is 0 Å². The average Bonchev–Trinajstić information content (AvgIpc) is 2.51. The molecule has 0 aliphatic carbocycles. The minimum absolute atomic E-state index is 0.0506. The van der Waals surface area contributed by atoms with Crippen molar-refractivity contribution in [3.05, 3.63) is 65.2 Å². The van der Waals surface area contributed by atoms with Crippen molar-refractivity contribution in [1.29, 1.82) is 0 Å². The Morgan fingerprint density at radius 3 is 2.62 bits per heavy atom. The SMILES string of the molecule is O=C1NCc2ccc(F)c(F)c2N1CCc1ccccc1. The van der Waals surface area contributed by atoms with Crippen LogP contribution >= 0.6 is 0 Å². The maximum Gasteiger partial charge on any atom is 0.322 e. The molecular formula is C16H14F2N2O. The van der Waals surface area contributed by atoms with Crippen molar-refractivity contribution < 1.29 is 13.6 Å². The number of nitrogens with zero attached hydrogens (tertiary/aromatic N) is 1. The minimum atomic E-state index is -0.963. The zero-order chi connectivity index (χ0) is 14.8. The van der Waals surface area contributed by atoms with E-state index in [9.17, 15) is 13.6 Å². The molecule has 0 unspecified atom stereocenters. The summed E-state index contributed by atoms with van der Waals surface area (Å²) in [6.07, 6.45) is 0.573. The molecule has 108 valence electrons. The number of urea groups is 1.